The lowest BCUT2D eigenvalue weighted by Gasteiger charge is -2.12. The van der Waals surface area contributed by atoms with Gasteiger partial charge in [0.05, 0.1) is 4.92 Å². The van der Waals surface area contributed by atoms with Crippen LogP contribution in [0.2, 0.25) is 0 Å². The molecule has 0 fully saturated rings. The largest absolute Gasteiger partial charge is 0.380 e. The van der Waals surface area contributed by atoms with Crippen molar-refractivity contribution in [3.63, 3.8) is 0 Å². The van der Waals surface area contributed by atoms with Crippen LogP contribution in [0.25, 0.3) is 0 Å². The highest BCUT2D eigenvalue weighted by molar-refractivity contribution is 7.84. The molecule has 0 amide bonds. The summed E-state index contributed by atoms with van der Waals surface area (Å²) < 4.78 is 11.3. The lowest BCUT2D eigenvalue weighted by atomic mass is 10.2. The summed E-state index contributed by atoms with van der Waals surface area (Å²) >= 11 is 0. The van der Waals surface area contributed by atoms with Crippen molar-refractivity contribution in [1.82, 2.24) is 0 Å². The van der Waals surface area contributed by atoms with Crippen LogP contribution in [-0.4, -0.2) is 33.7 Å². The van der Waals surface area contributed by atoms with E-state index in [-0.39, 0.29) is 15.9 Å². The van der Waals surface area contributed by atoms with Crippen molar-refractivity contribution >= 4 is 27.9 Å². The minimum atomic E-state index is -0.876. The first-order valence-electron chi connectivity index (χ1n) is 6.54. The Kier molecular flexibility index (Phi) is 6.44. The molecule has 0 bridgehead atoms. The topological polar surface area (TPSA) is 84.3 Å². The van der Waals surface area contributed by atoms with Gasteiger partial charge in [-0.1, -0.05) is 13.0 Å². The van der Waals surface area contributed by atoms with Crippen molar-refractivity contribution in [2.24, 2.45) is 0 Å². The van der Waals surface area contributed by atoms with Crippen LogP contribution in [0.5, 0.6) is 0 Å². The Morgan fingerprint density at radius 3 is 2.45 bits per heavy atom. The van der Waals surface area contributed by atoms with E-state index in [1.807, 2.05) is 13.8 Å². The third-order valence-corrected chi connectivity index (χ3v) is 4.39. The highest BCUT2D eigenvalue weighted by atomic mass is 32.2. The maximum Gasteiger partial charge on any atom is 0.315 e. The number of anilines is 2. The second-order valence-electron chi connectivity index (χ2n) is 4.51. The molecular weight excluding hydrogens is 278 g/mol. The van der Waals surface area contributed by atoms with Gasteiger partial charge in [0, 0.05) is 35.4 Å². The maximum atomic E-state index is 11.3. The van der Waals surface area contributed by atoms with Gasteiger partial charge in [-0.25, -0.2) is 0 Å². The molecule has 112 valence electrons. The van der Waals surface area contributed by atoms with Crippen LogP contribution in [0, 0.1) is 10.1 Å². The minimum Gasteiger partial charge on any atom is -0.380 e. The van der Waals surface area contributed by atoms with E-state index in [9.17, 15) is 14.3 Å². The fourth-order valence-corrected chi connectivity index (χ4v) is 2.24. The molecule has 0 aromatic heterocycles. The van der Waals surface area contributed by atoms with Crippen molar-refractivity contribution in [2.45, 2.75) is 25.5 Å². The molecule has 0 spiro atoms. The van der Waals surface area contributed by atoms with Crippen LogP contribution in [0.4, 0.5) is 17.1 Å². The summed E-state index contributed by atoms with van der Waals surface area (Å²) in [5.41, 5.74) is 1.05. The summed E-state index contributed by atoms with van der Waals surface area (Å²) in [5, 5.41) is 17.3. The summed E-state index contributed by atoms with van der Waals surface area (Å²) in [7, 11) is -0.876. The van der Waals surface area contributed by atoms with Gasteiger partial charge in [0.2, 0.25) is 0 Å². The Bertz CT molecular complexity index is 494. The van der Waals surface area contributed by atoms with Crippen molar-refractivity contribution in [2.75, 3.05) is 30.0 Å². The highest BCUT2D eigenvalue weighted by Gasteiger charge is 2.19. The van der Waals surface area contributed by atoms with Crippen LogP contribution in [0.3, 0.4) is 0 Å². The number of nitro benzene ring substituents is 1. The van der Waals surface area contributed by atoms with Crippen molar-refractivity contribution in [3.8, 4) is 0 Å². The summed E-state index contributed by atoms with van der Waals surface area (Å²) in [6.45, 7) is 4.97. The first kappa shape index (κ1) is 16.4. The zero-order chi connectivity index (χ0) is 15.1. The number of hydrogen-bond acceptors (Lipinski definition) is 5. The number of benzene rings is 1. The Morgan fingerprint density at radius 2 is 1.95 bits per heavy atom. The molecule has 0 saturated carbocycles. The van der Waals surface area contributed by atoms with Gasteiger partial charge < -0.3 is 10.6 Å². The van der Waals surface area contributed by atoms with Gasteiger partial charge in [0.1, 0.15) is 11.4 Å². The van der Waals surface area contributed by atoms with Crippen molar-refractivity contribution in [1.29, 1.82) is 0 Å². The van der Waals surface area contributed by atoms with E-state index < -0.39 is 10.8 Å². The Labute approximate surface area is 121 Å². The monoisotopic (exact) mass is 299 g/mol. The molecule has 0 aliphatic heterocycles. The van der Waals surface area contributed by atoms with Gasteiger partial charge in [0.15, 0.2) is 0 Å². The smallest absolute Gasteiger partial charge is 0.315 e. The summed E-state index contributed by atoms with van der Waals surface area (Å²) in [4.78, 5) is 10.8. The molecule has 1 rings (SSSR count). The third kappa shape index (κ3) is 4.48. The molecule has 6 nitrogen and oxygen atoms in total. The summed E-state index contributed by atoms with van der Waals surface area (Å²) in [5.74, 6) is 0. The number of hydrogen-bond donors (Lipinski definition) is 2. The third-order valence-electron chi connectivity index (χ3n) is 3.02. The summed E-state index contributed by atoms with van der Waals surface area (Å²) in [6.07, 6.45) is 2.37. The van der Waals surface area contributed by atoms with Gasteiger partial charge in [-0.15, -0.1) is 0 Å². The Hall–Kier alpha value is -1.63. The van der Waals surface area contributed by atoms with Crippen LogP contribution < -0.4 is 10.6 Å². The van der Waals surface area contributed by atoms with Gasteiger partial charge >= 0.3 is 5.69 Å². The maximum absolute atomic E-state index is 11.3. The van der Waals surface area contributed by atoms with Crippen molar-refractivity contribution in [3.05, 3.63) is 28.3 Å². The fourth-order valence-electron chi connectivity index (χ4n) is 1.79. The van der Waals surface area contributed by atoms with Crippen molar-refractivity contribution < 1.29 is 9.13 Å². The van der Waals surface area contributed by atoms with Crippen LogP contribution in [-0.2, 0) is 10.8 Å². The predicted octanol–water partition coefficient (Wildman–Crippen LogP) is 2.60. The molecule has 0 heterocycles. The van der Waals surface area contributed by atoms with Gasteiger partial charge in [0.25, 0.3) is 0 Å². The average Bonchev–Trinajstić information content (AvgIpc) is 2.38. The molecule has 1 aromatic carbocycles. The van der Waals surface area contributed by atoms with E-state index in [0.717, 1.165) is 0 Å². The zero-order valence-electron chi connectivity index (χ0n) is 12.0. The van der Waals surface area contributed by atoms with E-state index in [1.165, 1.54) is 0 Å². The quantitative estimate of drug-likeness (QED) is 0.569. The molecule has 2 N–H and O–H groups in total. The zero-order valence-corrected chi connectivity index (χ0v) is 12.8. The Balaban J connectivity index is 2.81. The van der Waals surface area contributed by atoms with Crippen LogP contribution in [0.1, 0.15) is 20.3 Å². The molecule has 0 aliphatic carbocycles. The van der Waals surface area contributed by atoms with Crippen LogP contribution >= 0.6 is 0 Å². The molecular formula is C13H21N3O3S. The summed E-state index contributed by atoms with van der Waals surface area (Å²) in [6, 6.07) is 5.15. The van der Waals surface area contributed by atoms with E-state index in [2.05, 4.69) is 10.6 Å². The molecule has 0 radical (unpaired) electrons. The van der Waals surface area contributed by atoms with Gasteiger partial charge in [-0.2, -0.15) is 0 Å². The number of para-hydroxylation sites is 1. The fraction of sp³-hybridized carbons (Fsp3) is 0.538. The molecule has 7 heteroatoms. The standard InChI is InChI=1S/C13H21N3O3S/c1-4-14-11-6-5-7-12(13(11)16(17)18)15-9-8-10(2)20(3)19/h5-7,10,14-15H,4,8-9H2,1-3H3. The molecule has 20 heavy (non-hydrogen) atoms. The second kappa shape index (κ2) is 7.84. The normalized spacial score (nSPS) is 13.6. The molecule has 2 atom stereocenters. The number of nitrogens with one attached hydrogen (secondary N) is 2. The highest BCUT2D eigenvalue weighted by Crippen LogP contribution is 2.32. The SMILES string of the molecule is CCNc1cccc(NCCC(C)S(C)=O)c1[N+](=O)[O-]. The first-order chi connectivity index (χ1) is 9.47. The Morgan fingerprint density at radius 1 is 1.35 bits per heavy atom. The molecule has 0 aliphatic rings. The molecule has 0 saturated heterocycles. The lowest BCUT2D eigenvalue weighted by molar-refractivity contribution is -0.383. The second-order valence-corrected chi connectivity index (χ2v) is 6.32. The number of nitrogens with zero attached hydrogens (tertiary/aromatic N) is 1. The number of nitro groups is 1. The van der Waals surface area contributed by atoms with Gasteiger partial charge in [-0.05, 0) is 25.5 Å². The minimum absolute atomic E-state index is 0.0552. The average molecular weight is 299 g/mol. The van der Waals surface area contributed by atoms with E-state index in [1.54, 1.807) is 24.5 Å². The predicted molar refractivity (Wildman–Crippen MR) is 83.9 cm³/mol. The van der Waals surface area contributed by atoms with E-state index in [0.29, 0.717) is 30.9 Å². The van der Waals surface area contributed by atoms with E-state index in [4.69, 9.17) is 0 Å². The van der Waals surface area contributed by atoms with Gasteiger partial charge in [-0.3, -0.25) is 14.3 Å². The first-order valence-corrected chi connectivity index (χ1v) is 8.16. The molecule has 1 aromatic rings. The molecule has 2 unspecified atom stereocenters. The van der Waals surface area contributed by atoms with E-state index >= 15 is 0 Å². The number of rotatable bonds is 8. The lowest BCUT2D eigenvalue weighted by Crippen LogP contribution is -2.15. The van der Waals surface area contributed by atoms with Crippen LogP contribution in [0.15, 0.2) is 18.2 Å².